The lowest BCUT2D eigenvalue weighted by molar-refractivity contribution is -0.136. The number of nitrogens with one attached hydrogen (secondary N) is 2. The molecule has 1 atom stereocenters. The zero-order valence-corrected chi connectivity index (χ0v) is 17.0. The molecule has 3 N–H and O–H groups in total. The maximum atomic E-state index is 12.8. The Kier molecular flexibility index (Phi) is 5.97. The van der Waals surface area contributed by atoms with E-state index in [0.717, 1.165) is 7.11 Å². The van der Waals surface area contributed by atoms with Crippen molar-refractivity contribution in [1.82, 2.24) is 10.6 Å². The van der Waals surface area contributed by atoms with Crippen molar-refractivity contribution >= 4 is 21.8 Å². The van der Waals surface area contributed by atoms with E-state index >= 15 is 0 Å². The van der Waals surface area contributed by atoms with Gasteiger partial charge in [0.25, 0.3) is 0 Å². The molecule has 0 spiro atoms. The lowest BCUT2D eigenvalue weighted by atomic mass is 9.95. The van der Waals surface area contributed by atoms with Crippen molar-refractivity contribution in [2.75, 3.05) is 20.0 Å². The van der Waals surface area contributed by atoms with Crippen molar-refractivity contribution in [2.24, 2.45) is 0 Å². The van der Waals surface area contributed by atoms with Gasteiger partial charge in [-0.3, -0.25) is 0 Å². The summed E-state index contributed by atoms with van der Waals surface area (Å²) in [6.07, 6.45) is 0. The number of carbonyl (C=O) groups is 2. The van der Waals surface area contributed by atoms with Crippen LogP contribution in [0, 0.1) is 0 Å². The Hall–Kier alpha value is -3.53. The molecule has 2 aromatic carbocycles. The second-order valence-electron chi connectivity index (χ2n) is 6.42. The fourth-order valence-corrected chi connectivity index (χ4v) is 4.45. The largest absolute Gasteiger partial charge is 0.504 e. The molecule has 2 amide bonds. The number of aromatic hydroxyl groups is 1. The summed E-state index contributed by atoms with van der Waals surface area (Å²) in [4.78, 5) is 24.9. The van der Waals surface area contributed by atoms with E-state index in [0.29, 0.717) is 5.56 Å². The van der Waals surface area contributed by atoms with E-state index in [1.54, 1.807) is 18.2 Å². The molecule has 0 bridgehead atoms. The van der Waals surface area contributed by atoms with Gasteiger partial charge in [-0.1, -0.05) is 24.3 Å². The number of phenolic OH excluding ortho intramolecular Hbond substituents is 1. The first-order valence-electron chi connectivity index (χ1n) is 8.80. The van der Waals surface area contributed by atoms with Gasteiger partial charge in [0.05, 0.1) is 36.5 Å². The van der Waals surface area contributed by atoms with Crippen LogP contribution in [0.25, 0.3) is 0 Å². The highest BCUT2D eigenvalue weighted by molar-refractivity contribution is 7.91. The first-order chi connectivity index (χ1) is 14.3. The van der Waals surface area contributed by atoms with E-state index in [-0.39, 0.29) is 27.7 Å². The molecule has 3 rings (SSSR count). The summed E-state index contributed by atoms with van der Waals surface area (Å²) >= 11 is 0. The minimum atomic E-state index is -3.86. The quantitative estimate of drug-likeness (QED) is 0.592. The Bertz CT molecular complexity index is 1110. The monoisotopic (exact) mass is 432 g/mol. The Morgan fingerprint density at radius 3 is 2.47 bits per heavy atom. The van der Waals surface area contributed by atoms with Crippen LogP contribution in [0.1, 0.15) is 11.6 Å². The van der Waals surface area contributed by atoms with E-state index in [1.165, 1.54) is 37.4 Å². The topological polar surface area (TPSA) is 131 Å². The minimum absolute atomic E-state index is 0.0531. The maximum absolute atomic E-state index is 12.8. The predicted octanol–water partition coefficient (Wildman–Crippen LogP) is 1.66. The number of benzene rings is 2. The van der Waals surface area contributed by atoms with Crippen molar-refractivity contribution in [3.63, 3.8) is 0 Å². The standard InChI is InChI=1S/C20H20N2O7S/c1-28-16-10-12(8-9-15(16)23)18-17(19(24)29-2)14(21-20(25)22-18)11-30(26,27)13-6-4-3-5-7-13/h3-10,18,23H,11H2,1-2H3,(H2,21,22,25). The molecule has 10 heteroatoms. The summed E-state index contributed by atoms with van der Waals surface area (Å²) in [5, 5.41) is 14.8. The van der Waals surface area contributed by atoms with Gasteiger partial charge >= 0.3 is 12.0 Å². The number of ether oxygens (including phenoxy) is 2. The Balaban J connectivity index is 2.12. The molecule has 158 valence electrons. The van der Waals surface area contributed by atoms with Crippen molar-refractivity contribution in [2.45, 2.75) is 10.9 Å². The number of esters is 1. The lowest BCUT2D eigenvalue weighted by Gasteiger charge is -2.29. The van der Waals surface area contributed by atoms with Gasteiger partial charge in [0.15, 0.2) is 21.3 Å². The number of hydrogen-bond donors (Lipinski definition) is 3. The summed E-state index contributed by atoms with van der Waals surface area (Å²) in [6, 6.07) is 10.3. The molecule has 0 saturated carbocycles. The molecule has 1 aliphatic heterocycles. The van der Waals surface area contributed by atoms with E-state index in [1.807, 2.05) is 0 Å². The lowest BCUT2D eigenvalue weighted by Crippen LogP contribution is -2.47. The number of urea groups is 1. The van der Waals surface area contributed by atoms with Crippen molar-refractivity contribution < 1.29 is 32.6 Å². The average molecular weight is 432 g/mol. The van der Waals surface area contributed by atoms with Crippen LogP contribution in [-0.2, 0) is 19.4 Å². The van der Waals surface area contributed by atoms with Gasteiger partial charge in [0.2, 0.25) is 0 Å². The van der Waals surface area contributed by atoms with Gasteiger partial charge in [-0.2, -0.15) is 0 Å². The Morgan fingerprint density at radius 2 is 1.83 bits per heavy atom. The van der Waals surface area contributed by atoms with Crippen LogP contribution in [0.4, 0.5) is 4.79 Å². The van der Waals surface area contributed by atoms with E-state index in [9.17, 15) is 23.1 Å². The molecule has 2 aromatic rings. The van der Waals surface area contributed by atoms with Gasteiger partial charge in [0.1, 0.15) is 0 Å². The highest BCUT2D eigenvalue weighted by atomic mass is 32.2. The van der Waals surface area contributed by atoms with E-state index in [2.05, 4.69) is 10.6 Å². The normalized spacial score (nSPS) is 16.5. The summed E-state index contributed by atoms with van der Waals surface area (Å²) in [5.74, 6) is -1.42. The molecule has 1 heterocycles. The molecule has 1 aliphatic rings. The van der Waals surface area contributed by atoms with E-state index in [4.69, 9.17) is 9.47 Å². The van der Waals surface area contributed by atoms with Crippen LogP contribution in [-0.4, -0.2) is 45.5 Å². The Labute approximate surface area is 173 Å². The van der Waals surface area contributed by atoms with Gasteiger partial charge in [-0.15, -0.1) is 0 Å². The molecule has 9 nitrogen and oxygen atoms in total. The second kappa shape index (κ2) is 8.46. The number of phenols is 1. The molecule has 1 unspecified atom stereocenters. The minimum Gasteiger partial charge on any atom is -0.504 e. The number of methoxy groups -OCH3 is 2. The first kappa shape index (κ1) is 21.2. The molecular formula is C20H20N2O7S. The van der Waals surface area contributed by atoms with Crippen LogP contribution >= 0.6 is 0 Å². The number of rotatable bonds is 6. The maximum Gasteiger partial charge on any atom is 0.338 e. The third-order valence-corrected chi connectivity index (χ3v) is 6.19. The van der Waals surface area contributed by atoms with Crippen LogP contribution in [0.5, 0.6) is 11.5 Å². The second-order valence-corrected chi connectivity index (χ2v) is 8.41. The van der Waals surface area contributed by atoms with Crippen molar-refractivity contribution in [3.05, 3.63) is 65.4 Å². The summed E-state index contributed by atoms with van der Waals surface area (Å²) in [5.41, 5.74) is 0.241. The number of sulfone groups is 1. The number of amides is 2. The molecule has 0 radical (unpaired) electrons. The SMILES string of the molecule is COC(=O)C1=C(CS(=O)(=O)c2ccccc2)NC(=O)NC1c1ccc(O)c(OC)c1. The highest BCUT2D eigenvalue weighted by Gasteiger charge is 2.35. The van der Waals surface area contributed by atoms with Gasteiger partial charge < -0.3 is 25.2 Å². The number of carbonyl (C=O) groups excluding carboxylic acids is 2. The molecule has 0 aliphatic carbocycles. The fourth-order valence-electron chi connectivity index (χ4n) is 3.11. The average Bonchev–Trinajstić information content (AvgIpc) is 2.73. The fraction of sp³-hybridized carbons (Fsp3) is 0.200. The smallest absolute Gasteiger partial charge is 0.338 e. The van der Waals surface area contributed by atoms with Gasteiger partial charge in [-0.05, 0) is 29.8 Å². The van der Waals surface area contributed by atoms with Crippen molar-refractivity contribution in [3.8, 4) is 11.5 Å². The molecule has 0 saturated heterocycles. The van der Waals surface area contributed by atoms with Crippen LogP contribution < -0.4 is 15.4 Å². The molecular weight excluding hydrogens is 412 g/mol. The summed E-state index contributed by atoms with van der Waals surface area (Å²) in [6.45, 7) is 0. The highest BCUT2D eigenvalue weighted by Crippen LogP contribution is 2.34. The van der Waals surface area contributed by atoms with Crippen LogP contribution in [0.3, 0.4) is 0 Å². The Morgan fingerprint density at radius 1 is 1.13 bits per heavy atom. The molecule has 0 fully saturated rings. The third kappa shape index (κ3) is 4.23. The van der Waals surface area contributed by atoms with Gasteiger partial charge in [0, 0.05) is 5.70 Å². The van der Waals surface area contributed by atoms with E-state index < -0.39 is 33.6 Å². The van der Waals surface area contributed by atoms with Crippen LogP contribution in [0.15, 0.2) is 64.7 Å². The molecule has 30 heavy (non-hydrogen) atoms. The zero-order valence-electron chi connectivity index (χ0n) is 16.2. The van der Waals surface area contributed by atoms with Crippen molar-refractivity contribution in [1.29, 1.82) is 0 Å². The zero-order chi connectivity index (χ0) is 21.9. The predicted molar refractivity (Wildman–Crippen MR) is 107 cm³/mol. The molecule has 0 aromatic heterocycles. The third-order valence-electron chi connectivity index (χ3n) is 4.53. The van der Waals surface area contributed by atoms with Gasteiger partial charge in [-0.25, -0.2) is 18.0 Å². The first-order valence-corrected chi connectivity index (χ1v) is 10.5. The van der Waals surface area contributed by atoms with Crippen LogP contribution in [0.2, 0.25) is 0 Å². The number of hydrogen-bond acceptors (Lipinski definition) is 7. The summed E-state index contributed by atoms with van der Waals surface area (Å²) in [7, 11) is -1.34. The summed E-state index contributed by atoms with van der Waals surface area (Å²) < 4.78 is 35.6.